The summed E-state index contributed by atoms with van der Waals surface area (Å²) in [5.41, 5.74) is -0.141. The van der Waals surface area contributed by atoms with Crippen molar-refractivity contribution >= 4 is 39.4 Å². The number of aliphatic carboxylic acids is 1. The van der Waals surface area contributed by atoms with Crippen molar-refractivity contribution in [3.63, 3.8) is 0 Å². The maximum absolute atomic E-state index is 12.6. The van der Waals surface area contributed by atoms with E-state index >= 15 is 0 Å². The standard InChI is InChI=1S/C15H14BrNO5/c1-15(2)9-4-3-7(16)5-8(9)12(20)11(13(15)21)14(22)17-6-10(18)19/h3-5,11H,6H2,1-2H3,(H,17,22)(H,18,19). The van der Waals surface area contributed by atoms with Crippen molar-refractivity contribution in [3.8, 4) is 0 Å². The van der Waals surface area contributed by atoms with Crippen LogP contribution >= 0.6 is 15.9 Å². The summed E-state index contributed by atoms with van der Waals surface area (Å²) in [6.45, 7) is 2.65. The molecule has 1 aliphatic carbocycles. The van der Waals surface area contributed by atoms with E-state index in [1.807, 2.05) is 0 Å². The summed E-state index contributed by atoms with van der Waals surface area (Å²) in [6, 6.07) is 4.98. The molecule has 0 radical (unpaired) electrons. The molecule has 7 heteroatoms. The number of carbonyl (C=O) groups excluding carboxylic acids is 3. The second kappa shape index (κ2) is 5.64. The van der Waals surface area contributed by atoms with Gasteiger partial charge in [-0.1, -0.05) is 22.0 Å². The van der Waals surface area contributed by atoms with Gasteiger partial charge in [-0.3, -0.25) is 19.2 Å². The third-order valence-electron chi connectivity index (χ3n) is 3.74. The third kappa shape index (κ3) is 2.68. The third-order valence-corrected chi connectivity index (χ3v) is 4.23. The summed E-state index contributed by atoms with van der Waals surface area (Å²) in [4.78, 5) is 47.7. The largest absolute Gasteiger partial charge is 0.480 e. The molecule has 1 aliphatic rings. The van der Waals surface area contributed by atoms with Crippen molar-refractivity contribution in [1.29, 1.82) is 0 Å². The van der Waals surface area contributed by atoms with Gasteiger partial charge in [0.15, 0.2) is 17.5 Å². The smallest absolute Gasteiger partial charge is 0.322 e. The van der Waals surface area contributed by atoms with Crippen molar-refractivity contribution in [2.24, 2.45) is 5.92 Å². The molecule has 0 saturated heterocycles. The lowest BCUT2D eigenvalue weighted by Crippen LogP contribution is -2.51. The molecule has 0 spiro atoms. The van der Waals surface area contributed by atoms with Crippen molar-refractivity contribution in [2.75, 3.05) is 6.54 Å². The monoisotopic (exact) mass is 367 g/mol. The number of hydrogen-bond donors (Lipinski definition) is 2. The van der Waals surface area contributed by atoms with Gasteiger partial charge in [0.25, 0.3) is 0 Å². The van der Waals surface area contributed by atoms with Crippen molar-refractivity contribution in [1.82, 2.24) is 5.32 Å². The van der Waals surface area contributed by atoms with E-state index in [1.54, 1.807) is 32.0 Å². The zero-order valence-corrected chi connectivity index (χ0v) is 13.6. The Hall–Kier alpha value is -2.02. The van der Waals surface area contributed by atoms with Gasteiger partial charge < -0.3 is 10.4 Å². The molecular formula is C15H14BrNO5. The van der Waals surface area contributed by atoms with Crippen LogP contribution in [0.15, 0.2) is 22.7 Å². The van der Waals surface area contributed by atoms with Gasteiger partial charge in [-0.25, -0.2) is 0 Å². The molecule has 1 unspecified atom stereocenters. The normalized spacial score (nSPS) is 19.5. The molecule has 6 nitrogen and oxygen atoms in total. The van der Waals surface area contributed by atoms with Gasteiger partial charge in [0, 0.05) is 10.0 Å². The average Bonchev–Trinajstić information content (AvgIpc) is 2.43. The molecule has 0 aromatic heterocycles. The van der Waals surface area contributed by atoms with Crippen LogP contribution in [0.2, 0.25) is 0 Å². The maximum Gasteiger partial charge on any atom is 0.322 e. The predicted molar refractivity (Wildman–Crippen MR) is 80.6 cm³/mol. The molecule has 0 fully saturated rings. The Morgan fingerprint density at radius 1 is 1.32 bits per heavy atom. The lowest BCUT2D eigenvalue weighted by atomic mass is 9.66. The number of nitrogens with one attached hydrogen (secondary N) is 1. The first-order valence-corrected chi connectivity index (χ1v) is 7.33. The molecule has 2 rings (SSSR count). The topological polar surface area (TPSA) is 101 Å². The highest BCUT2D eigenvalue weighted by molar-refractivity contribution is 9.10. The molecule has 0 saturated carbocycles. The molecular weight excluding hydrogens is 354 g/mol. The van der Waals surface area contributed by atoms with Crippen LogP contribution in [0.4, 0.5) is 0 Å². The van der Waals surface area contributed by atoms with E-state index in [0.717, 1.165) is 0 Å². The van der Waals surface area contributed by atoms with Crippen LogP contribution in [0.3, 0.4) is 0 Å². The fourth-order valence-corrected chi connectivity index (χ4v) is 2.90. The molecule has 0 aliphatic heterocycles. The van der Waals surface area contributed by atoms with E-state index in [1.165, 1.54) is 0 Å². The number of hydrogen-bond acceptors (Lipinski definition) is 4. The molecule has 2 N–H and O–H groups in total. The number of halogens is 1. The van der Waals surface area contributed by atoms with Crippen LogP contribution in [0.1, 0.15) is 29.8 Å². The van der Waals surface area contributed by atoms with Crippen molar-refractivity contribution in [2.45, 2.75) is 19.3 Å². The van der Waals surface area contributed by atoms with Gasteiger partial charge in [-0.15, -0.1) is 0 Å². The summed E-state index contributed by atoms with van der Waals surface area (Å²) >= 11 is 3.26. The average molecular weight is 368 g/mol. The zero-order chi connectivity index (χ0) is 16.7. The van der Waals surface area contributed by atoms with Gasteiger partial charge >= 0.3 is 5.97 Å². The molecule has 22 heavy (non-hydrogen) atoms. The highest BCUT2D eigenvalue weighted by Crippen LogP contribution is 2.38. The summed E-state index contributed by atoms with van der Waals surface area (Å²) in [5.74, 6) is -4.78. The van der Waals surface area contributed by atoms with E-state index in [0.29, 0.717) is 15.6 Å². The van der Waals surface area contributed by atoms with Crippen LogP contribution in [-0.2, 0) is 19.8 Å². The molecule has 0 bridgehead atoms. The zero-order valence-electron chi connectivity index (χ0n) is 12.0. The first-order chi connectivity index (χ1) is 10.2. The summed E-state index contributed by atoms with van der Waals surface area (Å²) in [5, 5.41) is 10.7. The highest BCUT2D eigenvalue weighted by Gasteiger charge is 2.49. The second-order valence-electron chi connectivity index (χ2n) is 5.59. The molecule has 1 aromatic carbocycles. The quantitative estimate of drug-likeness (QED) is 0.784. The molecule has 1 amide bonds. The van der Waals surface area contributed by atoms with Crippen LogP contribution < -0.4 is 5.32 Å². The SMILES string of the molecule is CC1(C)C(=O)C(C(=O)NCC(=O)O)C(=O)c2cc(Br)ccc21. The molecule has 0 heterocycles. The number of amides is 1. The maximum atomic E-state index is 12.6. The minimum Gasteiger partial charge on any atom is -0.480 e. The van der Waals surface area contributed by atoms with E-state index < -0.39 is 41.3 Å². The first kappa shape index (κ1) is 16.4. The number of benzene rings is 1. The number of carboxylic acid groups (broad SMARTS) is 1. The number of rotatable bonds is 3. The van der Waals surface area contributed by atoms with Gasteiger partial charge in [0.05, 0.1) is 5.41 Å². The predicted octanol–water partition coefficient (Wildman–Crippen LogP) is 1.31. The van der Waals surface area contributed by atoms with Gasteiger partial charge in [0.2, 0.25) is 5.91 Å². The van der Waals surface area contributed by atoms with Crippen molar-refractivity contribution in [3.05, 3.63) is 33.8 Å². The summed E-state index contributed by atoms with van der Waals surface area (Å²) < 4.78 is 0.662. The minimum atomic E-state index is -1.52. The van der Waals surface area contributed by atoms with Crippen LogP contribution in [0.5, 0.6) is 0 Å². The van der Waals surface area contributed by atoms with E-state index in [2.05, 4.69) is 21.2 Å². The van der Waals surface area contributed by atoms with Gasteiger partial charge in [-0.2, -0.15) is 0 Å². The summed E-state index contributed by atoms with van der Waals surface area (Å²) in [7, 11) is 0. The fourth-order valence-electron chi connectivity index (χ4n) is 2.54. The van der Waals surface area contributed by atoms with E-state index in [-0.39, 0.29) is 0 Å². The van der Waals surface area contributed by atoms with E-state index in [9.17, 15) is 19.2 Å². The fraction of sp³-hybridized carbons (Fsp3) is 0.333. The number of carboxylic acids is 1. The summed E-state index contributed by atoms with van der Waals surface area (Å²) in [6.07, 6.45) is 0. The van der Waals surface area contributed by atoms with Gasteiger partial charge in [-0.05, 0) is 31.5 Å². The minimum absolute atomic E-state index is 0.300. The molecule has 1 aromatic rings. The number of fused-ring (bicyclic) bond motifs is 1. The Kier molecular flexibility index (Phi) is 4.19. The Morgan fingerprint density at radius 3 is 2.55 bits per heavy atom. The lowest BCUT2D eigenvalue weighted by molar-refractivity contribution is -0.140. The number of Topliss-reactive ketones (excluding diaryl/α,β-unsaturated/α-hetero) is 2. The Labute approximate surface area is 135 Å². The lowest BCUT2D eigenvalue weighted by Gasteiger charge is -2.34. The number of carbonyl (C=O) groups is 4. The number of ketones is 2. The van der Waals surface area contributed by atoms with E-state index in [4.69, 9.17) is 5.11 Å². The highest BCUT2D eigenvalue weighted by atomic mass is 79.9. The van der Waals surface area contributed by atoms with Crippen LogP contribution in [-0.4, -0.2) is 35.1 Å². The van der Waals surface area contributed by atoms with Crippen LogP contribution in [0, 0.1) is 5.92 Å². The first-order valence-electron chi connectivity index (χ1n) is 6.54. The van der Waals surface area contributed by atoms with Crippen LogP contribution in [0.25, 0.3) is 0 Å². The van der Waals surface area contributed by atoms with Crippen molar-refractivity contribution < 1.29 is 24.3 Å². The Morgan fingerprint density at radius 2 is 1.95 bits per heavy atom. The molecule has 116 valence electrons. The Balaban J connectivity index is 2.46. The Bertz CT molecular complexity index is 695. The molecule has 1 atom stereocenters. The van der Waals surface area contributed by atoms with Gasteiger partial charge in [0.1, 0.15) is 6.54 Å². The second-order valence-corrected chi connectivity index (χ2v) is 6.50.